The van der Waals surface area contributed by atoms with Gasteiger partial charge >= 0.3 is 0 Å². The first kappa shape index (κ1) is 14.4. The van der Waals surface area contributed by atoms with Gasteiger partial charge < -0.3 is 10.1 Å². The number of ether oxygens (including phenoxy) is 1. The minimum atomic E-state index is -0.179. The molecule has 0 fully saturated rings. The van der Waals surface area contributed by atoms with Crippen molar-refractivity contribution in [1.82, 2.24) is 5.32 Å². The standard InChI is InChI=1S/C16H16ClNO2/c1-12(14-9-5-6-10-15(14)17)18-16(19)11-20-13-7-3-2-4-8-13/h2-10,12H,11H2,1H3,(H,18,19)/t12-/m1/s1. The van der Waals surface area contributed by atoms with E-state index >= 15 is 0 Å². The summed E-state index contributed by atoms with van der Waals surface area (Å²) >= 11 is 6.09. The molecule has 0 aliphatic carbocycles. The Morgan fingerprint density at radius 1 is 1.15 bits per heavy atom. The average molecular weight is 290 g/mol. The summed E-state index contributed by atoms with van der Waals surface area (Å²) in [5, 5.41) is 3.50. The van der Waals surface area contributed by atoms with E-state index in [1.54, 1.807) is 6.07 Å². The number of halogens is 1. The van der Waals surface area contributed by atoms with Crippen LogP contribution in [0.25, 0.3) is 0 Å². The summed E-state index contributed by atoms with van der Waals surface area (Å²) in [6.07, 6.45) is 0. The molecule has 2 aromatic carbocycles. The maximum absolute atomic E-state index is 11.8. The maximum atomic E-state index is 11.8. The van der Waals surface area contributed by atoms with Gasteiger partial charge in [0.15, 0.2) is 6.61 Å². The third-order valence-corrected chi connectivity index (χ3v) is 3.21. The molecular formula is C16H16ClNO2. The summed E-state index contributed by atoms with van der Waals surface area (Å²) in [6.45, 7) is 1.88. The van der Waals surface area contributed by atoms with E-state index in [0.29, 0.717) is 10.8 Å². The van der Waals surface area contributed by atoms with Crippen molar-refractivity contribution in [1.29, 1.82) is 0 Å². The number of carbonyl (C=O) groups is 1. The molecule has 3 nitrogen and oxygen atoms in total. The fraction of sp³-hybridized carbons (Fsp3) is 0.188. The zero-order valence-corrected chi connectivity index (χ0v) is 11.9. The Kier molecular flexibility index (Phi) is 5.02. The SMILES string of the molecule is C[C@@H](NC(=O)COc1ccccc1)c1ccccc1Cl. The molecule has 1 N–H and O–H groups in total. The van der Waals surface area contributed by atoms with Gasteiger partial charge in [0.2, 0.25) is 0 Å². The first-order valence-corrected chi connectivity index (χ1v) is 6.76. The largest absolute Gasteiger partial charge is 0.484 e. The summed E-state index contributed by atoms with van der Waals surface area (Å²) in [6, 6.07) is 16.5. The van der Waals surface area contributed by atoms with Crippen LogP contribution in [-0.4, -0.2) is 12.5 Å². The summed E-state index contributed by atoms with van der Waals surface area (Å²) in [5.41, 5.74) is 0.891. The van der Waals surface area contributed by atoms with Crippen LogP contribution in [0.4, 0.5) is 0 Å². The van der Waals surface area contributed by atoms with E-state index in [0.717, 1.165) is 5.56 Å². The Bertz CT molecular complexity index is 572. The highest BCUT2D eigenvalue weighted by Crippen LogP contribution is 2.21. The average Bonchev–Trinajstić information content (AvgIpc) is 2.46. The van der Waals surface area contributed by atoms with Gasteiger partial charge in [-0.25, -0.2) is 0 Å². The molecule has 1 atom stereocenters. The molecule has 0 unspecified atom stereocenters. The number of amides is 1. The van der Waals surface area contributed by atoms with Gasteiger partial charge in [0.1, 0.15) is 5.75 Å². The van der Waals surface area contributed by atoms with Gasteiger partial charge in [0.25, 0.3) is 5.91 Å². The predicted octanol–water partition coefficient (Wildman–Crippen LogP) is 3.60. The number of nitrogens with one attached hydrogen (secondary N) is 1. The molecule has 0 heterocycles. The Labute approximate surface area is 123 Å². The van der Waals surface area contributed by atoms with Crippen molar-refractivity contribution in [3.8, 4) is 5.75 Å². The second kappa shape index (κ2) is 6.96. The number of hydrogen-bond donors (Lipinski definition) is 1. The predicted molar refractivity (Wildman–Crippen MR) is 79.9 cm³/mol. The van der Waals surface area contributed by atoms with Crippen LogP contribution >= 0.6 is 11.6 Å². The molecule has 0 aliphatic heterocycles. The molecule has 1 amide bonds. The zero-order chi connectivity index (χ0) is 14.4. The lowest BCUT2D eigenvalue weighted by Gasteiger charge is -2.16. The van der Waals surface area contributed by atoms with Crippen molar-refractivity contribution in [2.24, 2.45) is 0 Å². The van der Waals surface area contributed by atoms with Gasteiger partial charge in [-0.05, 0) is 30.7 Å². The van der Waals surface area contributed by atoms with Crippen LogP contribution in [-0.2, 0) is 4.79 Å². The third kappa shape index (κ3) is 4.00. The van der Waals surface area contributed by atoms with Crippen molar-refractivity contribution < 1.29 is 9.53 Å². The molecule has 0 aliphatic rings. The van der Waals surface area contributed by atoms with E-state index in [2.05, 4.69) is 5.32 Å². The molecule has 0 saturated heterocycles. The maximum Gasteiger partial charge on any atom is 0.258 e. The minimum absolute atomic E-state index is 0.0151. The summed E-state index contributed by atoms with van der Waals surface area (Å²) in [5.74, 6) is 0.495. The quantitative estimate of drug-likeness (QED) is 0.913. The molecule has 20 heavy (non-hydrogen) atoms. The second-order valence-electron chi connectivity index (χ2n) is 4.41. The van der Waals surface area contributed by atoms with E-state index in [1.165, 1.54) is 0 Å². The first-order chi connectivity index (χ1) is 9.66. The Hall–Kier alpha value is -2.00. The molecule has 0 radical (unpaired) electrons. The van der Waals surface area contributed by atoms with Gasteiger partial charge in [-0.3, -0.25) is 4.79 Å². The van der Waals surface area contributed by atoms with Crippen LogP contribution < -0.4 is 10.1 Å². The summed E-state index contributed by atoms with van der Waals surface area (Å²) < 4.78 is 5.39. The molecule has 0 aromatic heterocycles. The molecule has 2 aromatic rings. The molecule has 0 spiro atoms. The van der Waals surface area contributed by atoms with Crippen molar-refractivity contribution in [2.45, 2.75) is 13.0 Å². The van der Waals surface area contributed by atoms with Crippen LogP contribution in [0.5, 0.6) is 5.75 Å². The van der Waals surface area contributed by atoms with Crippen LogP contribution in [0.2, 0.25) is 5.02 Å². The van der Waals surface area contributed by atoms with E-state index in [9.17, 15) is 4.79 Å². The molecular weight excluding hydrogens is 274 g/mol. The molecule has 2 rings (SSSR count). The Balaban J connectivity index is 1.87. The summed E-state index contributed by atoms with van der Waals surface area (Å²) in [7, 11) is 0. The van der Waals surface area contributed by atoms with Crippen molar-refractivity contribution in [3.05, 3.63) is 65.2 Å². The van der Waals surface area contributed by atoms with E-state index < -0.39 is 0 Å². The molecule has 0 saturated carbocycles. The van der Waals surface area contributed by atoms with E-state index in [4.69, 9.17) is 16.3 Å². The van der Waals surface area contributed by atoms with Crippen molar-refractivity contribution in [2.75, 3.05) is 6.61 Å². The number of rotatable bonds is 5. The number of carbonyl (C=O) groups excluding carboxylic acids is 1. The first-order valence-electron chi connectivity index (χ1n) is 6.38. The topological polar surface area (TPSA) is 38.3 Å². The fourth-order valence-electron chi connectivity index (χ4n) is 1.85. The van der Waals surface area contributed by atoms with Gasteiger partial charge in [0.05, 0.1) is 6.04 Å². The van der Waals surface area contributed by atoms with Gasteiger partial charge in [-0.1, -0.05) is 48.0 Å². The highest BCUT2D eigenvalue weighted by atomic mass is 35.5. The highest BCUT2D eigenvalue weighted by Gasteiger charge is 2.12. The number of benzene rings is 2. The van der Waals surface area contributed by atoms with Crippen LogP contribution in [0.15, 0.2) is 54.6 Å². The monoisotopic (exact) mass is 289 g/mol. The number of para-hydroxylation sites is 1. The van der Waals surface area contributed by atoms with Crippen LogP contribution in [0.1, 0.15) is 18.5 Å². The second-order valence-corrected chi connectivity index (χ2v) is 4.82. The minimum Gasteiger partial charge on any atom is -0.484 e. The lowest BCUT2D eigenvalue weighted by molar-refractivity contribution is -0.123. The molecule has 104 valence electrons. The Morgan fingerprint density at radius 3 is 2.50 bits per heavy atom. The fourth-order valence-corrected chi connectivity index (χ4v) is 2.15. The van der Waals surface area contributed by atoms with Gasteiger partial charge in [0, 0.05) is 5.02 Å². The lowest BCUT2D eigenvalue weighted by atomic mass is 10.1. The van der Waals surface area contributed by atoms with Crippen molar-refractivity contribution >= 4 is 17.5 Å². The highest BCUT2D eigenvalue weighted by molar-refractivity contribution is 6.31. The normalized spacial score (nSPS) is 11.7. The van der Waals surface area contributed by atoms with Crippen LogP contribution in [0, 0.1) is 0 Å². The molecule has 0 bridgehead atoms. The van der Waals surface area contributed by atoms with E-state index in [-0.39, 0.29) is 18.6 Å². The van der Waals surface area contributed by atoms with Gasteiger partial charge in [-0.2, -0.15) is 0 Å². The van der Waals surface area contributed by atoms with E-state index in [1.807, 2.05) is 55.5 Å². The molecule has 4 heteroatoms. The lowest BCUT2D eigenvalue weighted by Crippen LogP contribution is -2.31. The zero-order valence-electron chi connectivity index (χ0n) is 11.2. The third-order valence-electron chi connectivity index (χ3n) is 2.86. The summed E-state index contributed by atoms with van der Waals surface area (Å²) in [4.78, 5) is 11.8. The van der Waals surface area contributed by atoms with Crippen molar-refractivity contribution in [3.63, 3.8) is 0 Å². The van der Waals surface area contributed by atoms with Gasteiger partial charge in [-0.15, -0.1) is 0 Å². The smallest absolute Gasteiger partial charge is 0.258 e. The van der Waals surface area contributed by atoms with Crippen LogP contribution in [0.3, 0.4) is 0 Å². The Morgan fingerprint density at radius 2 is 1.80 bits per heavy atom. The number of hydrogen-bond acceptors (Lipinski definition) is 2.